The Balaban J connectivity index is 1.97. The van der Waals surface area contributed by atoms with Gasteiger partial charge in [-0.3, -0.25) is 0 Å². The Morgan fingerprint density at radius 2 is 1.76 bits per heavy atom. The van der Waals surface area contributed by atoms with E-state index in [-0.39, 0.29) is 5.82 Å². The lowest BCUT2D eigenvalue weighted by Crippen LogP contribution is -2.05. The number of aryl methyl sites for hydroxylation is 2. The molecule has 0 aliphatic heterocycles. The van der Waals surface area contributed by atoms with Crippen molar-refractivity contribution in [2.24, 2.45) is 0 Å². The minimum Gasteiger partial charge on any atom is -0.452 e. The zero-order valence-electron chi connectivity index (χ0n) is 13.5. The Bertz CT molecular complexity index is 1110. The first kappa shape index (κ1) is 15.6. The summed E-state index contributed by atoms with van der Waals surface area (Å²) in [6, 6.07) is 10.8. The van der Waals surface area contributed by atoms with Crippen molar-refractivity contribution in [1.82, 2.24) is 9.97 Å². The largest absolute Gasteiger partial charge is 0.452 e. The maximum absolute atomic E-state index is 13.0. The van der Waals surface area contributed by atoms with Gasteiger partial charge >= 0.3 is 6.18 Å². The quantitative estimate of drug-likeness (QED) is 0.447. The second-order valence-corrected chi connectivity index (χ2v) is 5.99. The third-order valence-electron chi connectivity index (χ3n) is 4.09. The lowest BCUT2D eigenvalue weighted by molar-refractivity contribution is -0.137. The number of rotatable bonds is 1. The van der Waals surface area contributed by atoms with Crippen LogP contribution in [0.15, 0.2) is 46.9 Å². The number of furan rings is 1. The number of nitrogens with zero attached hydrogens (tertiary/aromatic N) is 2. The summed E-state index contributed by atoms with van der Waals surface area (Å²) in [6.07, 6.45) is -4.41. The van der Waals surface area contributed by atoms with Crippen LogP contribution < -0.4 is 0 Å². The Labute approximate surface area is 141 Å². The first-order chi connectivity index (χ1) is 11.8. The van der Waals surface area contributed by atoms with Crippen LogP contribution >= 0.6 is 0 Å². The number of benzene rings is 2. The topological polar surface area (TPSA) is 38.9 Å². The zero-order chi connectivity index (χ0) is 17.8. The fraction of sp³-hybridized carbons (Fsp3) is 0.158. The summed E-state index contributed by atoms with van der Waals surface area (Å²) in [5, 5.41) is 0.828. The highest BCUT2D eigenvalue weighted by Gasteiger charge is 2.30. The van der Waals surface area contributed by atoms with E-state index in [1.165, 1.54) is 6.07 Å². The van der Waals surface area contributed by atoms with Gasteiger partial charge in [-0.05, 0) is 38.1 Å². The minimum absolute atomic E-state index is 0.250. The summed E-state index contributed by atoms with van der Waals surface area (Å²) in [6.45, 7) is 3.72. The normalized spacial score (nSPS) is 12.2. The molecule has 2 aromatic heterocycles. The average Bonchev–Trinajstić information content (AvgIpc) is 2.93. The molecule has 0 radical (unpaired) electrons. The van der Waals surface area contributed by atoms with Crippen LogP contribution in [0.25, 0.3) is 33.5 Å². The van der Waals surface area contributed by atoms with Crippen molar-refractivity contribution in [3.8, 4) is 11.4 Å². The smallest absolute Gasteiger partial charge is 0.416 e. The molecule has 4 aromatic rings. The second-order valence-electron chi connectivity index (χ2n) is 5.99. The minimum atomic E-state index is -4.41. The van der Waals surface area contributed by atoms with E-state index in [1.807, 2.05) is 25.1 Å². The maximum Gasteiger partial charge on any atom is 0.416 e. The molecule has 0 aliphatic carbocycles. The summed E-state index contributed by atoms with van der Waals surface area (Å²) < 4.78 is 44.7. The summed E-state index contributed by atoms with van der Waals surface area (Å²) in [5.41, 5.74) is 3.08. The van der Waals surface area contributed by atoms with Gasteiger partial charge in [-0.25, -0.2) is 9.97 Å². The van der Waals surface area contributed by atoms with Gasteiger partial charge in [0.1, 0.15) is 11.1 Å². The Kier molecular flexibility index (Phi) is 3.32. The molecule has 0 spiro atoms. The highest BCUT2D eigenvalue weighted by atomic mass is 19.4. The standard InChI is InChI=1S/C19H13F3N2O/c1-10-6-7-15-14(8-10)16-17(25-15)11(2)23-18(24-16)12-4-3-5-13(9-12)19(20,21)22/h3-9H,1-2H3. The molecule has 25 heavy (non-hydrogen) atoms. The monoisotopic (exact) mass is 342 g/mol. The number of hydrogen-bond acceptors (Lipinski definition) is 3. The number of hydrogen-bond donors (Lipinski definition) is 0. The molecule has 0 amide bonds. The van der Waals surface area contributed by atoms with Crippen molar-refractivity contribution >= 4 is 22.1 Å². The first-order valence-electron chi connectivity index (χ1n) is 7.68. The van der Waals surface area contributed by atoms with E-state index >= 15 is 0 Å². The first-order valence-corrected chi connectivity index (χ1v) is 7.68. The second kappa shape index (κ2) is 5.31. The van der Waals surface area contributed by atoms with E-state index in [1.54, 1.807) is 13.0 Å². The van der Waals surface area contributed by atoms with E-state index in [4.69, 9.17) is 4.42 Å². The number of fused-ring (bicyclic) bond motifs is 3. The van der Waals surface area contributed by atoms with Gasteiger partial charge in [0.25, 0.3) is 0 Å². The van der Waals surface area contributed by atoms with Gasteiger partial charge in [0, 0.05) is 10.9 Å². The molecule has 0 atom stereocenters. The number of aromatic nitrogens is 2. The summed E-state index contributed by atoms with van der Waals surface area (Å²) in [4.78, 5) is 8.83. The van der Waals surface area contributed by atoms with Gasteiger partial charge in [-0.15, -0.1) is 0 Å². The Hall–Kier alpha value is -2.89. The molecule has 2 aromatic carbocycles. The lowest BCUT2D eigenvalue weighted by atomic mass is 10.1. The molecule has 126 valence electrons. The van der Waals surface area contributed by atoms with E-state index in [0.717, 1.165) is 23.1 Å². The molecular weight excluding hydrogens is 329 g/mol. The number of halogens is 3. The molecule has 0 bridgehead atoms. The molecular formula is C19H13F3N2O. The van der Waals surface area contributed by atoms with Crippen molar-refractivity contribution < 1.29 is 17.6 Å². The van der Waals surface area contributed by atoms with Crippen molar-refractivity contribution in [3.63, 3.8) is 0 Å². The molecule has 6 heteroatoms. The number of alkyl halides is 3. The molecule has 0 unspecified atom stereocenters. The van der Waals surface area contributed by atoms with Gasteiger partial charge in [0.2, 0.25) is 0 Å². The van der Waals surface area contributed by atoms with Crippen LogP contribution in [0, 0.1) is 13.8 Å². The van der Waals surface area contributed by atoms with E-state index in [9.17, 15) is 13.2 Å². The van der Waals surface area contributed by atoms with Gasteiger partial charge < -0.3 is 4.42 Å². The van der Waals surface area contributed by atoms with Gasteiger partial charge in [-0.1, -0.05) is 23.8 Å². The molecule has 0 saturated heterocycles. The molecule has 2 heterocycles. The van der Waals surface area contributed by atoms with E-state index in [2.05, 4.69) is 9.97 Å². The fourth-order valence-corrected chi connectivity index (χ4v) is 2.86. The highest BCUT2D eigenvalue weighted by Crippen LogP contribution is 2.34. The van der Waals surface area contributed by atoms with Gasteiger partial charge in [0.15, 0.2) is 11.4 Å². The van der Waals surface area contributed by atoms with Crippen molar-refractivity contribution in [1.29, 1.82) is 0 Å². The molecule has 4 rings (SSSR count). The van der Waals surface area contributed by atoms with Crippen LogP contribution in [0.3, 0.4) is 0 Å². The SMILES string of the molecule is Cc1ccc2oc3c(C)nc(-c4cccc(C(F)(F)F)c4)nc3c2c1. The highest BCUT2D eigenvalue weighted by molar-refractivity contribution is 6.03. The summed E-state index contributed by atoms with van der Waals surface area (Å²) in [7, 11) is 0. The summed E-state index contributed by atoms with van der Waals surface area (Å²) in [5.74, 6) is 0.250. The zero-order valence-corrected chi connectivity index (χ0v) is 13.5. The van der Waals surface area contributed by atoms with Crippen LogP contribution in [0.5, 0.6) is 0 Å². The molecule has 0 fully saturated rings. The van der Waals surface area contributed by atoms with Crippen molar-refractivity contribution in [2.75, 3.05) is 0 Å². The Morgan fingerprint density at radius 1 is 0.960 bits per heavy atom. The molecule has 0 aliphatic rings. The van der Waals surface area contributed by atoms with Crippen LogP contribution in [-0.2, 0) is 6.18 Å². The molecule has 0 saturated carbocycles. The fourth-order valence-electron chi connectivity index (χ4n) is 2.86. The van der Waals surface area contributed by atoms with Gasteiger partial charge in [0.05, 0.1) is 11.3 Å². The van der Waals surface area contributed by atoms with Crippen LogP contribution in [0.1, 0.15) is 16.8 Å². The van der Waals surface area contributed by atoms with E-state index < -0.39 is 11.7 Å². The molecule has 3 nitrogen and oxygen atoms in total. The average molecular weight is 342 g/mol. The van der Waals surface area contributed by atoms with Gasteiger partial charge in [-0.2, -0.15) is 13.2 Å². The molecule has 0 N–H and O–H groups in total. The predicted octanol–water partition coefficient (Wildman–Crippen LogP) is 5.68. The third-order valence-corrected chi connectivity index (χ3v) is 4.09. The van der Waals surface area contributed by atoms with Crippen molar-refractivity contribution in [3.05, 3.63) is 59.3 Å². The van der Waals surface area contributed by atoms with Crippen LogP contribution in [0.2, 0.25) is 0 Å². The van der Waals surface area contributed by atoms with E-state index in [0.29, 0.717) is 27.9 Å². The maximum atomic E-state index is 13.0. The van der Waals surface area contributed by atoms with Crippen molar-refractivity contribution in [2.45, 2.75) is 20.0 Å². The third kappa shape index (κ3) is 2.63. The predicted molar refractivity (Wildman–Crippen MR) is 89.2 cm³/mol. The van der Waals surface area contributed by atoms with Crippen LogP contribution in [0.4, 0.5) is 13.2 Å². The Morgan fingerprint density at radius 3 is 2.52 bits per heavy atom. The summed E-state index contributed by atoms with van der Waals surface area (Å²) >= 11 is 0. The van der Waals surface area contributed by atoms with Crippen LogP contribution in [-0.4, -0.2) is 9.97 Å². The lowest BCUT2D eigenvalue weighted by Gasteiger charge is -2.08.